The molecule has 1 aromatic heterocycles. The van der Waals surface area contributed by atoms with E-state index in [1.165, 1.54) is 10.4 Å². The minimum Gasteiger partial charge on any atom is -0.324 e. The van der Waals surface area contributed by atoms with E-state index in [1.54, 1.807) is 11.3 Å². The summed E-state index contributed by atoms with van der Waals surface area (Å²) in [5, 5.41) is 4.52. The summed E-state index contributed by atoms with van der Waals surface area (Å²) in [6.45, 7) is 3.82. The molecule has 1 atom stereocenters. The molecule has 2 aromatic rings. The van der Waals surface area contributed by atoms with Crippen molar-refractivity contribution in [3.63, 3.8) is 0 Å². The fourth-order valence-corrected chi connectivity index (χ4v) is 2.56. The topological polar surface area (TPSA) is 50.9 Å². The zero-order valence-corrected chi connectivity index (χ0v) is 11.4. The lowest BCUT2D eigenvalue weighted by molar-refractivity contribution is 0.579. The van der Waals surface area contributed by atoms with Crippen LogP contribution in [0.2, 0.25) is 0 Å². The van der Waals surface area contributed by atoms with Crippen molar-refractivity contribution >= 4 is 11.3 Å². The van der Waals surface area contributed by atoms with Crippen LogP contribution in [0, 0.1) is 6.92 Å². The van der Waals surface area contributed by atoms with Gasteiger partial charge in [0.1, 0.15) is 5.01 Å². The Morgan fingerprint density at radius 1 is 1.33 bits per heavy atom. The lowest BCUT2D eigenvalue weighted by atomic mass is 10.1. The molecule has 0 radical (unpaired) electrons. The molecule has 0 aliphatic carbocycles. The molecular formula is C14H19N3S. The van der Waals surface area contributed by atoms with E-state index in [0.717, 1.165) is 24.5 Å². The highest BCUT2D eigenvalue weighted by Gasteiger charge is 2.04. The maximum atomic E-state index is 6.13. The fourth-order valence-electron chi connectivity index (χ4n) is 1.80. The summed E-state index contributed by atoms with van der Waals surface area (Å²) in [5.41, 5.74) is 7.32. The Labute approximate surface area is 112 Å². The van der Waals surface area contributed by atoms with Crippen molar-refractivity contribution in [3.8, 4) is 0 Å². The van der Waals surface area contributed by atoms with E-state index in [1.807, 2.05) is 24.4 Å². The fraction of sp³-hybridized carbons (Fsp3) is 0.357. The van der Waals surface area contributed by atoms with Crippen LogP contribution < -0.4 is 11.1 Å². The third-order valence-electron chi connectivity index (χ3n) is 2.81. The summed E-state index contributed by atoms with van der Waals surface area (Å²) in [6, 6.07) is 10.3. The second-order valence-electron chi connectivity index (χ2n) is 4.35. The van der Waals surface area contributed by atoms with Crippen molar-refractivity contribution in [1.29, 1.82) is 0 Å². The van der Waals surface area contributed by atoms with E-state index >= 15 is 0 Å². The number of benzene rings is 1. The van der Waals surface area contributed by atoms with Gasteiger partial charge in [0.05, 0.1) is 0 Å². The van der Waals surface area contributed by atoms with E-state index in [2.05, 4.69) is 29.4 Å². The number of hydrogen-bond donors (Lipinski definition) is 2. The number of aromatic nitrogens is 1. The number of thiazole rings is 1. The molecule has 3 N–H and O–H groups in total. The molecule has 96 valence electrons. The Morgan fingerprint density at radius 2 is 2.11 bits per heavy atom. The zero-order chi connectivity index (χ0) is 12.8. The van der Waals surface area contributed by atoms with Gasteiger partial charge < -0.3 is 11.1 Å². The molecule has 0 saturated heterocycles. The summed E-state index contributed by atoms with van der Waals surface area (Å²) in [5.74, 6) is 0. The van der Waals surface area contributed by atoms with Crippen molar-refractivity contribution in [2.24, 2.45) is 5.73 Å². The minimum absolute atomic E-state index is 0.108. The van der Waals surface area contributed by atoms with Crippen LogP contribution in [0.15, 0.2) is 36.5 Å². The van der Waals surface area contributed by atoms with Gasteiger partial charge >= 0.3 is 0 Å². The number of rotatable bonds is 6. The molecule has 0 aliphatic heterocycles. The molecule has 1 aromatic carbocycles. The number of nitrogens with zero attached hydrogens (tertiary/aromatic N) is 1. The second-order valence-corrected chi connectivity index (χ2v) is 5.67. The second kappa shape index (κ2) is 6.64. The largest absolute Gasteiger partial charge is 0.324 e. The number of nitrogens with one attached hydrogen (secondary N) is 1. The molecule has 0 saturated carbocycles. The van der Waals surface area contributed by atoms with Crippen molar-refractivity contribution in [3.05, 3.63) is 52.0 Å². The molecule has 4 heteroatoms. The maximum absolute atomic E-state index is 6.13. The van der Waals surface area contributed by atoms with Gasteiger partial charge in [-0.05, 0) is 25.5 Å². The van der Waals surface area contributed by atoms with E-state index in [9.17, 15) is 0 Å². The SMILES string of the molecule is Cc1cnc(CNCCC(N)c2ccccc2)s1. The van der Waals surface area contributed by atoms with Crippen LogP contribution in [0.5, 0.6) is 0 Å². The van der Waals surface area contributed by atoms with Gasteiger partial charge in [0.2, 0.25) is 0 Å². The number of aryl methyl sites for hydroxylation is 1. The monoisotopic (exact) mass is 261 g/mol. The quantitative estimate of drug-likeness (QED) is 0.786. The van der Waals surface area contributed by atoms with Crippen LogP contribution in [-0.2, 0) is 6.54 Å². The van der Waals surface area contributed by atoms with Crippen LogP contribution in [0.25, 0.3) is 0 Å². The Hall–Kier alpha value is -1.23. The van der Waals surface area contributed by atoms with Gasteiger partial charge in [-0.1, -0.05) is 30.3 Å². The molecule has 0 amide bonds. The van der Waals surface area contributed by atoms with E-state index in [0.29, 0.717) is 0 Å². The Kier molecular flexibility index (Phi) is 4.87. The Morgan fingerprint density at radius 3 is 2.78 bits per heavy atom. The molecule has 18 heavy (non-hydrogen) atoms. The van der Waals surface area contributed by atoms with E-state index < -0.39 is 0 Å². The Balaban J connectivity index is 1.69. The summed E-state index contributed by atoms with van der Waals surface area (Å²) >= 11 is 1.74. The van der Waals surface area contributed by atoms with Crippen LogP contribution in [0.3, 0.4) is 0 Å². The van der Waals surface area contributed by atoms with Crippen LogP contribution in [-0.4, -0.2) is 11.5 Å². The average Bonchev–Trinajstić information content (AvgIpc) is 2.81. The van der Waals surface area contributed by atoms with Gasteiger partial charge in [-0.3, -0.25) is 0 Å². The number of hydrogen-bond acceptors (Lipinski definition) is 4. The van der Waals surface area contributed by atoms with Gasteiger partial charge in [0.15, 0.2) is 0 Å². The highest BCUT2D eigenvalue weighted by molar-refractivity contribution is 7.11. The highest BCUT2D eigenvalue weighted by atomic mass is 32.1. The van der Waals surface area contributed by atoms with Crippen molar-refractivity contribution in [2.45, 2.75) is 25.9 Å². The summed E-state index contributed by atoms with van der Waals surface area (Å²) in [4.78, 5) is 5.57. The molecular weight excluding hydrogens is 242 g/mol. The van der Waals surface area contributed by atoms with Crippen LogP contribution in [0.1, 0.15) is 27.9 Å². The highest BCUT2D eigenvalue weighted by Crippen LogP contribution is 2.13. The van der Waals surface area contributed by atoms with Gasteiger partial charge in [0, 0.05) is 23.7 Å². The summed E-state index contributed by atoms with van der Waals surface area (Å²) in [7, 11) is 0. The molecule has 1 unspecified atom stereocenters. The van der Waals surface area contributed by atoms with E-state index in [-0.39, 0.29) is 6.04 Å². The van der Waals surface area contributed by atoms with Crippen LogP contribution in [0.4, 0.5) is 0 Å². The first-order valence-corrected chi connectivity index (χ1v) is 7.00. The van der Waals surface area contributed by atoms with Gasteiger partial charge in [-0.2, -0.15) is 0 Å². The predicted octanol–water partition coefficient (Wildman–Crippen LogP) is 2.63. The standard InChI is InChI=1S/C14H19N3S/c1-11-9-17-14(18-11)10-16-8-7-13(15)12-5-3-2-4-6-12/h2-6,9,13,16H,7-8,10,15H2,1H3. The molecule has 0 fully saturated rings. The lowest BCUT2D eigenvalue weighted by Crippen LogP contribution is -2.20. The maximum Gasteiger partial charge on any atom is 0.107 e. The molecule has 0 aliphatic rings. The van der Waals surface area contributed by atoms with Crippen molar-refractivity contribution < 1.29 is 0 Å². The first-order valence-electron chi connectivity index (χ1n) is 6.18. The smallest absolute Gasteiger partial charge is 0.107 e. The third kappa shape index (κ3) is 3.91. The van der Waals surface area contributed by atoms with E-state index in [4.69, 9.17) is 5.73 Å². The average molecular weight is 261 g/mol. The van der Waals surface area contributed by atoms with Gasteiger partial charge in [0.25, 0.3) is 0 Å². The van der Waals surface area contributed by atoms with Crippen molar-refractivity contribution in [1.82, 2.24) is 10.3 Å². The molecule has 1 heterocycles. The minimum atomic E-state index is 0.108. The van der Waals surface area contributed by atoms with Gasteiger partial charge in [-0.25, -0.2) is 4.98 Å². The number of nitrogens with two attached hydrogens (primary N) is 1. The lowest BCUT2D eigenvalue weighted by Gasteiger charge is -2.11. The summed E-state index contributed by atoms with van der Waals surface area (Å²) < 4.78 is 0. The van der Waals surface area contributed by atoms with Crippen molar-refractivity contribution in [2.75, 3.05) is 6.54 Å². The first-order chi connectivity index (χ1) is 8.75. The third-order valence-corrected chi connectivity index (χ3v) is 3.72. The van der Waals surface area contributed by atoms with Gasteiger partial charge in [-0.15, -0.1) is 11.3 Å². The first kappa shape index (κ1) is 13.2. The Bertz CT molecular complexity index is 467. The molecule has 0 spiro atoms. The molecule has 0 bridgehead atoms. The molecule has 3 nitrogen and oxygen atoms in total. The van der Waals surface area contributed by atoms with Crippen LogP contribution >= 0.6 is 11.3 Å². The normalized spacial score (nSPS) is 12.6. The predicted molar refractivity (Wildman–Crippen MR) is 76.5 cm³/mol. The zero-order valence-electron chi connectivity index (χ0n) is 10.6. The summed E-state index contributed by atoms with van der Waals surface area (Å²) in [6.07, 6.45) is 2.85. The molecule has 2 rings (SSSR count).